The average molecular weight is 350 g/mol. The maximum absolute atomic E-state index is 12.9. The third-order valence-electron chi connectivity index (χ3n) is 1.69. The number of halogens is 6. The predicted octanol–water partition coefficient (Wildman–Crippen LogP) is 3.93. The van der Waals surface area contributed by atoms with Gasteiger partial charge in [0, 0.05) is 4.47 Å². The third kappa shape index (κ3) is 4.69. The largest absolute Gasteiger partial charge is 0.405 e. The van der Waals surface area contributed by atoms with E-state index < -0.39 is 24.6 Å². The van der Waals surface area contributed by atoms with E-state index in [0.717, 1.165) is 12.1 Å². The molecule has 0 aliphatic heterocycles. The quantitative estimate of drug-likeness (QED) is 0.781. The number of carbonyl (C=O) groups excluding carboxylic acids is 1. The number of benzene rings is 1. The molecule has 1 aromatic rings. The normalized spacial score (nSPS) is 11.2. The highest BCUT2D eigenvalue weighted by Crippen LogP contribution is 2.31. The fraction of sp³-hybridized carbons (Fsp3) is 0.222. The molecule has 0 unspecified atom stereocenters. The highest BCUT2D eigenvalue weighted by molar-refractivity contribution is 9.10. The van der Waals surface area contributed by atoms with Crippen molar-refractivity contribution >= 4 is 39.2 Å². The molecular weight excluding hydrogens is 343 g/mol. The van der Waals surface area contributed by atoms with E-state index in [-0.39, 0.29) is 15.2 Å². The van der Waals surface area contributed by atoms with Crippen LogP contribution in [0.15, 0.2) is 16.6 Å². The minimum absolute atomic E-state index is 0.0160. The van der Waals surface area contributed by atoms with Crippen LogP contribution < -0.4 is 10.6 Å². The van der Waals surface area contributed by atoms with Gasteiger partial charge >= 0.3 is 12.2 Å². The summed E-state index contributed by atoms with van der Waals surface area (Å²) in [6.07, 6.45) is -4.51. The lowest BCUT2D eigenvalue weighted by Crippen LogP contribution is -2.36. The van der Waals surface area contributed by atoms with Gasteiger partial charge in [-0.15, -0.1) is 0 Å². The van der Waals surface area contributed by atoms with Gasteiger partial charge in [0.25, 0.3) is 0 Å². The van der Waals surface area contributed by atoms with E-state index in [1.54, 1.807) is 5.32 Å². The lowest BCUT2D eigenvalue weighted by atomic mass is 10.3. The van der Waals surface area contributed by atoms with E-state index in [2.05, 4.69) is 21.2 Å². The Balaban J connectivity index is 2.71. The Morgan fingerprint density at radius 2 is 2.00 bits per heavy atom. The summed E-state index contributed by atoms with van der Waals surface area (Å²) >= 11 is 8.56. The maximum atomic E-state index is 12.9. The number of nitrogens with one attached hydrogen (secondary N) is 2. The van der Waals surface area contributed by atoms with Crippen molar-refractivity contribution in [3.05, 3.63) is 27.4 Å². The molecule has 18 heavy (non-hydrogen) atoms. The van der Waals surface area contributed by atoms with Crippen LogP contribution in [0.1, 0.15) is 0 Å². The number of anilines is 1. The van der Waals surface area contributed by atoms with Crippen LogP contribution in [0.3, 0.4) is 0 Å². The van der Waals surface area contributed by atoms with Gasteiger partial charge in [-0.25, -0.2) is 9.18 Å². The van der Waals surface area contributed by atoms with Crippen molar-refractivity contribution in [3.8, 4) is 0 Å². The zero-order valence-corrected chi connectivity index (χ0v) is 10.9. The molecule has 0 aromatic heterocycles. The molecule has 0 atom stereocenters. The SMILES string of the molecule is O=C(NCC(F)(F)F)Nc1c(Cl)cc(F)cc1Br. The van der Waals surface area contributed by atoms with E-state index in [4.69, 9.17) is 11.6 Å². The van der Waals surface area contributed by atoms with Crippen molar-refractivity contribution in [1.82, 2.24) is 5.32 Å². The zero-order chi connectivity index (χ0) is 13.9. The molecule has 0 saturated heterocycles. The molecule has 100 valence electrons. The van der Waals surface area contributed by atoms with Gasteiger partial charge in [0.2, 0.25) is 0 Å². The summed E-state index contributed by atoms with van der Waals surface area (Å²) in [6, 6.07) is 0.846. The fourth-order valence-corrected chi connectivity index (χ4v) is 1.90. The average Bonchev–Trinajstić information content (AvgIpc) is 2.19. The minimum atomic E-state index is -4.51. The lowest BCUT2D eigenvalue weighted by molar-refractivity contribution is -0.122. The molecule has 0 spiro atoms. The molecule has 3 nitrogen and oxygen atoms in total. The first-order valence-corrected chi connectivity index (χ1v) is 5.62. The van der Waals surface area contributed by atoms with E-state index in [1.807, 2.05) is 0 Å². The Hall–Kier alpha value is -1.02. The van der Waals surface area contributed by atoms with Crippen LogP contribution in [-0.4, -0.2) is 18.8 Å². The molecule has 0 fully saturated rings. The predicted molar refractivity (Wildman–Crippen MR) is 62.2 cm³/mol. The van der Waals surface area contributed by atoms with Crippen LogP contribution in [0.25, 0.3) is 0 Å². The summed E-state index contributed by atoms with van der Waals surface area (Å²) in [5.74, 6) is -0.645. The second-order valence-corrected chi connectivity index (χ2v) is 4.43. The van der Waals surface area contributed by atoms with E-state index in [0.29, 0.717) is 0 Å². The third-order valence-corrected chi connectivity index (χ3v) is 2.62. The summed E-state index contributed by atoms with van der Waals surface area (Å²) in [6.45, 7) is -1.48. The molecule has 2 amide bonds. The molecule has 0 bridgehead atoms. The van der Waals surface area contributed by atoms with Crippen molar-refractivity contribution in [2.75, 3.05) is 11.9 Å². The summed E-state index contributed by atoms with van der Waals surface area (Å²) in [5.41, 5.74) is -0.0160. The van der Waals surface area contributed by atoms with Crippen molar-refractivity contribution in [1.29, 1.82) is 0 Å². The first-order chi connectivity index (χ1) is 8.19. The fourth-order valence-electron chi connectivity index (χ4n) is 1.000. The van der Waals surface area contributed by atoms with Gasteiger partial charge in [-0.3, -0.25) is 0 Å². The molecule has 0 aliphatic carbocycles. The van der Waals surface area contributed by atoms with Crippen LogP contribution >= 0.6 is 27.5 Å². The van der Waals surface area contributed by atoms with Crippen LogP contribution in [-0.2, 0) is 0 Å². The molecule has 9 heteroatoms. The van der Waals surface area contributed by atoms with Gasteiger partial charge < -0.3 is 10.6 Å². The number of rotatable bonds is 2. The van der Waals surface area contributed by atoms with Crippen molar-refractivity contribution in [3.63, 3.8) is 0 Å². The lowest BCUT2D eigenvalue weighted by Gasteiger charge is -2.12. The van der Waals surface area contributed by atoms with Crippen LogP contribution in [0, 0.1) is 5.82 Å². The number of hydrogen-bond donors (Lipinski definition) is 2. The number of carbonyl (C=O) groups is 1. The number of amides is 2. The molecule has 2 N–H and O–H groups in total. The van der Waals surface area contributed by atoms with Crippen molar-refractivity contribution in [2.45, 2.75) is 6.18 Å². The van der Waals surface area contributed by atoms with E-state index in [9.17, 15) is 22.4 Å². The summed E-state index contributed by atoms with van der Waals surface area (Å²) < 4.78 is 48.5. The second kappa shape index (κ2) is 5.75. The molecule has 0 saturated carbocycles. The summed E-state index contributed by atoms with van der Waals surface area (Å²) in [7, 11) is 0. The topological polar surface area (TPSA) is 41.1 Å². The maximum Gasteiger partial charge on any atom is 0.405 e. The van der Waals surface area contributed by atoms with Gasteiger partial charge in [0.1, 0.15) is 12.4 Å². The second-order valence-electron chi connectivity index (χ2n) is 3.17. The number of urea groups is 1. The monoisotopic (exact) mass is 348 g/mol. The molecular formula is C9H6BrClF4N2O. The van der Waals surface area contributed by atoms with Crippen LogP contribution in [0.2, 0.25) is 5.02 Å². The van der Waals surface area contributed by atoms with Gasteiger partial charge in [-0.2, -0.15) is 13.2 Å². The summed E-state index contributed by atoms with van der Waals surface area (Å²) in [4.78, 5) is 11.2. The molecule has 0 aliphatic rings. The Morgan fingerprint density at radius 3 is 2.50 bits per heavy atom. The van der Waals surface area contributed by atoms with Gasteiger partial charge in [0.15, 0.2) is 0 Å². The molecule has 1 rings (SSSR count). The minimum Gasteiger partial charge on any atom is -0.329 e. The highest BCUT2D eigenvalue weighted by Gasteiger charge is 2.27. The molecule has 1 aromatic carbocycles. The Bertz CT molecular complexity index is 443. The van der Waals surface area contributed by atoms with Gasteiger partial charge in [0.05, 0.1) is 10.7 Å². The van der Waals surface area contributed by atoms with Crippen molar-refractivity contribution < 1.29 is 22.4 Å². The first kappa shape index (κ1) is 15.0. The Kier molecular flexibility index (Phi) is 4.80. The van der Waals surface area contributed by atoms with Crippen LogP contribution in [0.5, 0.6) is 0 Å². The smallest absolute Gasteiger partial charge is 0.329 e. The van der Waals surface area contributed by atoms with E-state index >= 15 is 0 Å². The number of alkyl halides is 3. The van der Waals surface area contributed by atoms with E-state index in [1.165, 1.54) is 0 Å². The van der Waals surface area contributed by atoms with Gasteiger partial charge in [-0.05, 0) is 28.1 Å². The highest BCUT2D eigenvalue weighted by atomic mass is 79.9. The Labute approximate surface area is 113 Å². The van der Waals surface area contributed by atoms with Crippen molar-refractivity contribution in [2.24, 2.45) is 0 Å². The molecule has 0 heterocycles. The summed E-state index contributed by atoms with van der Waals surface area (Å²) in [5, 5.41) is 3.54. The Morgan fingerprint density at radius 1 is 1.39 bits per heavy atom. The standard InChI is InChI=1S/C9H6BrClF4N2O/c10-5-1-4(12)2-6(11)7(5)17-8(18)16-3-9(13,14)15/h1-2H,3H2,(H2,16,17,18). The van der Waals surface area contributed by atoms with Gasteiger partial charge in [-0.1, -0.05) is 11.6 Å². The first-order valence-electron chi connectivity index (χ1n) is 4.45. The molecule has 0 radical (unpaired) electrons. The number of hydrogen-bond acceptors (Lipinski definition) is 1. The van der Waals surface area contributed by atoms with Crippen LogP contribution in [0.4, 0.5) is 28.0 Å². The zero-order valence-electron chi connectivity index (χ0n) is 8.54.